The predicted molar refractivity (Wildman–Crippen MR) is 99.6 cm³/mol. The molecule has 7 nitrogen and oxygen atoms in total. The Hall–Kier alpha value is -2.15. The highest BCUT2D eigenvalue weighted by Gasteiger charge is 2.31. The number of benzene rings is 1. The molecule has 0 saturated carbocycles. The number of hydrogen-bond donors (Lipinski definition) is 0. The van der Waals surface area contributed by atoms with E-state index in [2.05, 4.69) is 18.7 Å². The number of esters is 1. The summed E-state index contributed by atoms with van der Waals surface area (Å²) in [5, 5.41) is 11.7. The number of carbonyl (C=O) groups excluding carboxylic acids is 1. The van der Waals surface area contributed by atoms with Crippen LogP contribution in [0.5, 0.6) is 0 Å². The van der Waals surface area contributed by atoms with E-state index >= 15 is 0 Å². The summed E-state index contributed by atoms with van der Waals surface area (Å²) in [6, 6.07) is 5.42. The van der Waals surface area contributed by atoms with E-state index in [-0.39, 0.29) is 35.0 Å². The Morgan fingerprint density at radius 3 is 2.77 bits per heavy atom. The van der Waals surface area contributed by atoms with E-state index in [1.54, 1.807) is 6.07 Å². The first kappa shape index (κ1) is 20.2. The molecular formula is C19H28N2O5. The number of morpholine rings is 1. The molecule has 144 valence electrons. The first-order chi connectivity index (χ1) is 12.4. The highest BCUT2D eigenvalue weighted by atomic mass is 16.6. The Bertz CT molecular complexity index is 647. The highest BCUT2D eigenvalue weighted by Crippen LogP contribution is 2.36. The molecule has 2 atom stereocenters. The van der Waals surface area contributed by atoms with Crippen molar-refractivity contribution in [2.45, 2.75) is 45.6 Å². The van der Waals surface area contributed by atoms with Gasteiger partial charge in [-0.2, -0.15) is 0 Å². The van der Waals surface area contributed by atoms with Gasteiger partial charge in [0.05, 0.1) is 37.7 Å². The van der Waals surface area contributed by atoms with E-state index in [0.29, 0.717) is 37.8 Å². The van der Waals surface area contributed by atoms with E-state index in [1.807, 2.05) is 19.1 Å². The first-order valence-corrected chi connectivity index (χ1v) is 9.08. The normalized spacial score (nSPS) is 18.7. The number of nitro benzene ring substituents is 1. The third-order valence-electron chi connectivity index (χ3n) is 5.05. The fourth-order valence-electron chi connectivity index (χ4n) is 3.44. The van der Waals surface area contributed by atoms with Crippen LogP contribution in [0.1, 0.15) is 45.1 Å². The maximum absolute atomic E-state index is 11.7. The van der Waals surface area contributed by atoms with Crippen LogP contribution in [0.15, 0.2) is 18.2 Å². The minimum absolute atomic E-state index is 0.0818. The molecule has 0 spiro atoms. The summed E-state index contributed by atoms with van der Waals surface area (Å²) in [5.41, 5.74) is 1.50. The summed E-state index contributed by atoms with van der Waals surface area (Å²) in [5.74, 6) is -0.0882. The van der Waals surface area contributed by atoms with Crippen LogP contribution in [0.4, 0.5) is 11.4 Å². The zero-order valence-corrected chi connectivity index (χ0v) is 15.9. The molecule has 0 bridgehead atoms. The second-order valence-corrected chi connectivity index (χ2v) is 6.97. The Morgan fingerprint density at radius 1 is 1.46 bits per heavy atom. The summed E-state index contributed by atoms with van der Waals surface area (Å²) in [7, 11) is 1.35. The molecule has 0 N–H and O–H groups in total. The molecule has 0 amide bonds. The van der Waals surface area contributed by atoms with Crippen molar-refractivity contribution in [2.24, 2.45) is 5.92 Å². The number of carbonyl (C=O) groups is 1. The molecule has 26 heavy (non-hydrogen) atoms. The van der Waals surface area contributed by atoms with E-state index < -0.39 is 0 Å². The minimum Gasteiger partial charge on any atom is -0.469 e. The summed E-state index contributed by atoms with van der Waals surface area (Å²) < 4.78 is 10.3. The SMILES string of the molecule is CCC(CC(=O)OC)c1ccc(N2CCOCC2C(C)C)c([N+](=O)[O-])c1. The van der Waals surface area contributed by atoms with Crippen molar-refractivity contribution in [3.05, 3.63) is 33.9 Å². The van der Waals surface area contributed by atoms with Crippen molar-refractivity contribution in [2.75, 3.05) is 31.8 Å². The number of methoxy groups -OCH3 is 1. The molecule has 1 aliphatic heterocycles. The molecule has 1 heterocycles. The first-order valence-electron chi connectivity index (χ1n) is 9.08. The minimum atomic E-state index is -0.337. The zero-order valence-electron chi connectivity index (χ0n) is 15.9. The fraction of sp³-hybridized carbons (Fsp3) is 0.632. The van der Waals surface area contributed by atoms with E-state index in [9.17, 15) is 14.9 Å². The quantitative estimate of drug-likeness (QED) is 0.418. The molecular weight excluding hydrogens is 336 g/mol. The van der Waals surface area contributed by atoms with Crippen LogP contribution in [0, 0.1) is 16.0 Å². The molecule has 0 radical (unpaired) electrons. The van der Waals surface area contributed by atoms with Gasteiger partial charge in [0.25, 0.3) is 5.69 Å². The van der Waals surface area contributed by atoms with Crippen molar-refractivity contribution >= 4 is 17.3 Å². The van der Waals surface area contributed by atoms with Gasteiger partial charge in [-0.3, -0.25) is 14.9 Å². The molecule has 1 aromatic carbocycles. The van der Waals surface area contributed by atoms with Crippen LogP contribution >= 0.6 is 0 Å². The number of rotatable bonds is 7. The van der Waals surface area contributed by atoms with Gasteiger partial charge < -0.3 is 14.4 Å². The van der Waals surface area contributed by atoms with Crippen molar-refractivity contribution in [3.8, 4) is 0 Å². The van der Waals surface area contributed by atoms with Gasteiger partial charge in [-0.15, -0.1) is 0 Å². The number of nitro groups is 1. The van der Waals surface area contributed by atoms with E-state index in [4.69, 9.17) is 9.47 Å². The number of nitrogens with zero attached hydrogens (tertiary/aromatic N) is 2. The van der Waals surface area contributed by atoms with E-state index in [1.165, 1.54) is 7.11 Å². The second-order valence-electron chi connectivity index (χ2n) is 6.97. The van der Waals surface area contributed by atoms with Crippen molar-refractivity contribution < 1.29 is 19.2 Å². The molecule has 2 rings (SSSR count). The van der Waals surface area contributed by atoms with Crippen LogP contribution in [0.3, 0.4) is 0 Å². The van der Waals surface area contributed by atoms with Crippen LogP contribution in [-0.2, 0) is 14.3 Å². The molecule has 1 fully saturated rings. The molecule has 7 heteroatoms. The van der Waals surface area contributed by atoms with Gasteiger partial charge in [0, 0.05) is 12.6 Å². The topological polar surface area (TPSA) is 81.9 Å². The van der Waals surface area contributed by atoms with Gasteiger partial charge in [0.15, 0.2) is 0 Å². The smallest absolute Gasteiger partial charge is 0.306 e. The number of anilines is 1. The number of ether oxygens (including phenoxy) is 2. The number of hydrogen-bond acceptors (Lipinski definition) is 6. The average molecular weight is 364 g/mol. The van der Waals surface area contributed by atoms with Crippen LogP contribution in [0.2, 0.25) is 0 Å². The lowest BCUT2D eigenvalue weighted by Crippen LogP contribution is -2.48. The van der Waals surface area contributed by atoms with Gasteiger partial charge in [0.1, 0.15) is 5.69 Å². The van der Waals surface area contributed by atoms with Gasteiger partial charge >= 0.3 is 5.97 Å². The lowest BCUT2D eigenvalue weighted by molar-refractivity contribution is -0.384. The zero-order chi connectivity index (χ0) is 19.3. The molecule has 1 saturated heterocycles. The standard InChI is InChI=1S/C19H28N2O5/c1-5-14(11-19(22)25-4)15-6-7-16(17(10-15)21(23)24)20-8-9-26-12-18(20)13(2)3/h6-7,10,13-14,18H,5,8-9,11-12H2,1-4H3. The van der Waals surface area contributed by atoms with Gasteiger partial charge in [-0.25, -0.2) is 0 Å². The predicted octanol–water partition coefficient (Wildman–Crippen LogP) is 3.51. The highest BCUT2D eigenvalue weighted by molar-refractivity contribution is 5.71. The van der Waals surface area contributed by atoms with E-state index in [0.717, 1.165) is 5.56 Å². The summed E-state index contributed by atoms with van der Waals surface area (Å²) in [4.78, 5) is 25.1. The fourth-order valence-corrected chi connectivity index (χ4v) is 3.44. The Labute approximate surface area is 154 Å². The average Bonchev–Trinajstić information content (AvgIpc) is 2.65. The monoisotopic (exact) mass is 364 g/mol. The molecule has 2 unspecified atom stereocenters. The van der Waals surface area contributed by atoms with Crippen molar-refractivity contribution in [3.63, 3.8) is 0 Å². The van der Waals surface area contributed by atoms with Gasteiger partial charge in [-0.05, 0) is 29.9 Å². The van der Waals surface area contributed by atoms with Crippen molar-refractivity contribution in [1.29, 1.82) is 0 Å². The summed E-state index contributed by atoms with van der Waals surface area (Å²) >= 11 is 0. The van der Waals surface area contributed by atoms with Gasteiger partial charge in [0.2, 0.25) is 0 Å². The Balaban J connectivity index is 2.39. The molecule has 0 aromatic heterocycles. The van der Waals surface area contributed by atoms with Crippen LogP contribution in [-0.4, -0.2) is 43.8 Å². The lowest BCUT2D eigenvalue weighted by Gasteiger charge is -2.39. The summed E-state index contributed by atoms with van der Waals surface area (Å²) in [6.45, 7) is 7.90. The maximum atomic E-state index is 11.7. The Kier molecular flexibility index (Phi) is 6.97. The van der Waals surface area contributed by atoms with Gasteiger partial charge in [-0.1, -0.05) is 26.8 Å². The molecule has 1 aliphatic rings. The second kappa shape index (κ2) is 8.98. The van der Waals surface area contributed by atoms with Crippen molar-refractivity contribution in [1.82, 2.24) is 0 Å². The maximum Gasteiger partial charge on any atom is 0.306 e. The third-order valence-corrected chi connectivity index (χ3v) is 5.05. The largest absolute Gasteiger partial charge is 0.469 e. The van der Waals surface area contributed by atoms with Crippen LogP contribution in [0.25, 0.3) is 0 Å². The molecule has 1 aromatic rings. The van der Waals surface area contributed by atoms with Crippen LogP contribution < -0.4 is 4.90 Å². The third kappa shape index (κ3) is 4.52. The lowest BCUT2D eigenvalue weighted by atomic mass is 9.92. The Morgan fingerprint density at radius 2 is 2.19 bits per heavy atom. The molecule has 0 aliphatic carbocycles. The summed E-state index contributed by atoms with van der Waals surface area (Å²) in [6.07, 6.45) is 0.924.